The van der Waals surface area contributed by atoms with Crippen molar-refractivity contribution in [2.24, 2.45) is 0 Å². The quantitative estimate of drug-likeness (QED) is 0.767. The van der Waals surface area contributed by atoms with Crippen molar-refractivity contribution in [3.63, 3.8) is 0 Å². The Morgan fingerprint density at radius 1 is 1.33 bits per heavy atom. The van der Waals surface area contributed by atoms with Gasteiger partial charge in [-0.15, -0.1) is 0 Å². The molecule has 1 heterocycles. The topological polar surface area (TPSA) is 32.8 Å². The Hall–Kier alpha value is -0.860. The van der Waals surface area contributed by atoms with Crippen molar-refractivity contribution < 1.29 is 9.84 Å². The van der Waals surface area contributed by atoms with Crippen molar-refractivity contribution >= 4 is 0 Å². The largest absolute Gasteiger partial charge is 0.390 e. The maximum atomic E-state index is 10.1. The minimum Gasteiger partial charge on any atom is -0.390 e. The SMILES string of the molecule is CC[C@@H](O)[C@@]1(c2ccccc2)O[C@@H]1CC. The number of hydrogen-bond donors (Lipinski definition) is 1. The minimum absolute atomic E-state index is 0.176. The van der Waals surface area contributed by atoms with Gasteiger partial charge in [-0.25, -0.2) is 0 Å². The zero-order chi connectivity index (χ0) is 10.9. The van der Waals surface area contributed by atoms with Crippen LogP contribution in [0, 0.1) is 0 Å². The molecule has 0 bridgehead atoms. The Labute approximate surface area is 90.9 Å². The summed E-state index contributed by atoms with van der Waals surface area (Å²) in [6.07, 6.45) is 1.46. The molecule has 15 heavy (non-hydrogen) atoms. The van der Waals surface area contributed by atoms with Crippen molar-refractivity contribution in [1.29, 1.82) is 0 Å². The molecule has 2 nitrogen and oxygen atoms in total. The number of rotatable bonds is 4. The van der Waals surface area contributed by atoms with Crippen LogP contribution in [0.4, 0.5) is 0 Å². The van der Waals surface area contributed by atoms with Crippen molar-refractivity contribution in [3.05, 3.63) is 35.9 Å². The van der Waals surface area contributed by atoms with Gasteiger partial charge in [-0.3, -0.25) is 0 Å². The molecule has 2 heteroatoms. The highest BCUT2D eigenvalue weighted by atomic mass is 16.6. The van der Waals surface area contributed by atoms with Crippen molar-refractivity contribution in [2.75, 3.05) is 0 Å². The molecule has 1 saturated heterocycles. The lowest BCUT2D eigenvalue weighted by Gasteiger charge is -2.19. The van der Waals surface area contributed by atoms with E-state index in [1.807, 2.05) is 37.3 Å². The second-order valence-corrected chi connectivity index (χ2v) is 4.10. The summed E-state index contributed by atoms with van der Waals surface area (Å²) in [5.74, 6) is 0. The van der Waals surface area contributed by atoms with Crippen molar-refractivity contribution in [2.45, 2.75) is 44.5 Å². The second-order valence-electron chi connectivity index (χ2n) is 4.10. The van der Waals surface area contributed by atoms with E-state index in [1.165, 1.54) is 0 Å². The molecule has 0 saturated carbocycles. The lowest BCUT2D eigenvalue weighted by Crippen LogP contribution is -2.29. The van der Waals surface area contributed by atoms with Crippen LogP contribution in [0.5, 0.6) is 0 Å². The predicted molar refractivity (Wildman–Crippen MR) is 59.6 cm³/mol. The normalized spacial score (nSPS) is 31.3. The Morgan fingerprint density at radius 3 is 2.47 bits per heavy atom. The monoisotopic (exact) mass is 206 g/mol. The van der Waals surface area contributed by atoms with Gasteiger partial charge in [0.25, 0.3) is 0 Å². The summed E-state index contributed by atoms with van der Waals surface area (Å²) in [7, 11) is 0. The third kappa shape index (κ3) is 1.58. The molecule has 0 amide bonds. The maximum absolute atomic E-state index is 10.1. The number of hydrogen-bond acceptors (Lipinski definition) is 2. The molecule has 3 atom stereocenters. The highest BCUT2D eigenvalue weighted by molar-refractivity contribution is 5.31. The average Bonchev–Trinajstić information content (AvgIpc) is 3.05. The van der Waals surface area contributed by atoms with E-state index in [2.05, 4.69) is 6.92 Å². The predicted octanol–water partition coefficient (Wildman–Crippen LogP) is 2.46. The molecule has 1 fully saturated rings. The van der Waals surface area contributed by atoms with E-state index in [0.29, 0.717) is 0 Å². The van der Waals surface area contributed by atoms with E-state index in [4.69, 9.17) is 4.74 Å². The summed E-state index contributed by atoms with van der Waals surface area (Å²) in [6.45, 7) is 4.08. The fourth-order valence-corrected chi connectivity index (χ4v) is 2.33. The molecule has 0 spiro atoms. The van der Waals surface area contributed by atoms with E-state index < -0.39 is 11.7 Å². The second kappa shape index (κ2) is 3.95. The molecule has 1 aromatic carbocycles. The zero-order valence-electron chi connectivity index (χ0n) is 9.31. The minimum atomic E-state index is -0.426. The summed E-state index contributed by atoms with van der Waals surface area (Å²) >= 11 is 0. The molecule has 0 aliphatic carbocycles. The van der Waals surface area contributed by atoms with Gasteiger partial charge in [0.15, 0.2) is 0 Å². The molecule has 0 unspecified atom stereocenters. The van der Waals surface area contributed by atoms with Crippen LogP contribution >= 0.6 is 0 Å². The van der Waals surface area contributed by atoms with Crippen LogP contribution in [0.3, 0.4) is 0 Å². The molecule has 1 aliphatic heterocycles. The Morgan fingerprint density at radius 2 is 2.00 bits per heavy atom. The van der Waals surface area contributed by atoms with Crippen LogP contribution < -0.4 is 0 Å². The molecule has 1 aliphatic rings. The first kappa shape index (κ1) is 10.7. The summed E-state index contributed by atoms with van der Waals surface area (Å²) in [5.41, 5.74) is 0.677. The number of aliphatic hydroxyl groups excluding tert-OH is 1. The first-order valence-corrected chi connectivity index (χ1v) is 5.67. The van der Waals surface area contributed by atoms with E-state index in [1.54, 1.807) is 0 Å². The van der Waals surface area contributed by atoms with Crippen LogP contribution in [0.2, 0.25) is 0 Å². The first-order valence-electron chi connectivity index (χ1n) is 5.67. The van der Waals surface area contributed by atoms with Crippen LogP contribution in [-0.4, -0.2) is 17.3 Å². The van der Waals surface area contributed by atoms with E-state index in [9.17, 15) is 5.11 Å². The van der Waals surface area contributed by atoms with Crippen LogP contribution in [-0.2, 0) is 10.3 Å². The van der Waals surface area contributed by atoms with Crippen molar-refractivity contribution in [1.82, 2.24) is 0 Å². The fourth-order valence-electron chi connectivity index (χ4n) is 2.33. The van der Waals surface area contributed by atoms with Crippen LogP contribution in [0.25, 0.3) is 0 Å². The van der Waals surface area contributed by atoms with Crippen molar-refractivity contribution in [3.8, 4) is 0 Å². The summed E-state index contributed by atoms with van der Waals surface area (Å²) in [5, 5.41) is 10.1. The first-order chi connectivity index (χ1) is 7.25. The fraction of sp³-hybridized carbons (Fsp3) is 0.538. The number of aliphatic hydroxyl groups is 1. The standard InChI is InChI=1S/C13H18O2/c1-3-11(14)13(12(4-2)15-13)10-8-6-5-7-9-10/h5-9,11-12,14H,3-4H2,1-2H3/t11-,12-,13-/m1/s1. The third-order valence-corrected chi connectivity index (χ3v) is 3.24. The van der Waals surface area contributed by atoms with E-state index in [-0.39, 0.29) is 6.10 Å². The third-order valence-electron chi connectivity index (χ3n) is 3.24. The van der Waals surface area contributed by atoms with Gasteiger partial charge in [-0.2, -0.15) is 0 Å². The molecule has 1 aromatic rings. The lowest BCUT2D eigenvalue weighted by atomic mass is 9.87. The number of epoxide rings is 1. The highest BCUT2D eigenvalue weighted by Gasteiger charge is 2.60. The van der Waals surface area contributed by atoms with E-state index in [0.717, 1.165) is 18.4 Å². The Kier molecular flexibility index (Phi) is 2.81. The molecule has 0 radical (unpaired) electrons. The van der Waals surface area contributed by atoms with Gasteiger partial charge in [0.1, 0.15) is 5.60 Å². The molecule has 2 rings (SSSR count). The smallest absolute Gasteiger partial charge is 0.145 e. The van der Waals surface area contributed by atoms with Gasteiger partial charge in [-0.05, 0) is 18.4 Å². The summed E-state index contributed by atoms with van der Waals surface area (Å²) in [6, 6.07) is 10.0. The van der Waals surface area contributed by atoms with Gasteiger partial charge in [0.2, 0.25) is 0 Å². The summed E-state index contributed by atoms with van der Waals surface area (Å²) in [4.78, 5) is 0. The van der Waals surface area contributed by atoms with Gasteiger partial charge in [0, 0.05) is 0 Å². The lowest BCUT2D eigenvalue weighted by molar-refractivity contribution is 0.0702. The van der Waals surface area contributed by atoms with E-state index >= 15 is 0 Å². The van der Waals surface area contributed by atoms with Gasteiger partial charge in [-0.1, -0.05) is 44.2 Å². The summed E-state index contributed by atoms with van der Waals surface area (Å²) < 4.78 is 5.74. The molecule has 82 valence electrons. The number of benzene rings is 1. The molecule has 0 aromatic heterocycles. The number of ether oxygens (including phenoxy) is 1. The maximum Gasteiger partial charge on any atom is 0.145 e. The highest BCUT2D eigenvalue weighted by Crippen LogP contribution is 2.51. The van der Waals surface area contributed by atoms with Crippen LogP contribution in [0.15, 0.2) is 30.3 Å². The Bertz CT molecular complexity index is 323. The van der Waals surface area contributed by atoms with Gasteiger partial charge < -0.3 is 9.84 Å². The zero-order valence-corrected chi connectivity index (χ0v) is 9.31. The van der Waals surface area contributed by atoms with Crippen LogP contribution in [0.1, 0.15) is 32.3 Å². The molecular formula is C13H18O2. The van der Waals surface area contributed by atoms with Gasteiger partial charge in [0.05, 0.1) is 12.2 Å². The average molecular weight is 206 g/mol. The van der Waals surface area contributed by atoms with Gasteiger partial charge >= 0.3 is 0 Å². The molecular weight excluding hydrogens is 188 g/mol. The Balaban J connectivity index is 2.30. The molecule has 1 N–H and O–H groups in total.